The lowest BCUT2D eigenvalue weighted by Crippen LogP contribution is -2.31. The van der Waals surface area contributed by atoms with Gasteiger partial charge in [0.25, 0.3) is 5.91 Å². The fourth-order valence-electron chi connectivity index (χ4n) is 3.55. The predicted molar refractivity (Wildman–Crippen MR) is 106 cm³/mol. The molecular weight excluding hydrogens is 358 g/mol. The summed E-state index contributed by atoms with van der Waals surface area (Å²) in [5, 5.41) is 0.732. The number of aromatic nitrogens is 2. The Hall–Kier alpha value is -2.72. The number of likely N-dealkylation sites (tertiary alicyclic amines) is 1. The zero-order chi connectivity index (χ0) is 18.6. The average molecular weight is 378 g/mol. The Morgan fingerprint density at radius 2 is 1.93 bits per heavy atom. The van der Waals surface area contributed by atoms with Crippen LogP contribution in [0.4, 0.5) is 0 Å². The topological polar surface area (TPSA) is 46.1 Å². The van der Waals surface area contributed by atoms with Gasteiger partial charge in [-0.3, -0.25) is 14.8 Å². The Kier molecular flexibility index (Phi) is 5.16. The van der Waals surface area contributed by atoms with Crippen molar-refractivity contribution in [1.82, 2.24) is 14.9 Å². The molecule has 0 N–H and O–H groups in total. The summed E-state index contributed by atoms with van der Waals surface area (Å²) >= 11 is 5.96. The van der Waals surface area contributed by atoms with E-state index in [1.807, 2.05) is 59.5 Å². The van der Waals surface area contributed by atoms with Crippen LogP contribution in [-0.2, 0) is 6.42 Å². The van der Waals surface area contributed by atoms with E-state index in [4.69, 9.17) is 16.6 Å². The normalized spacial score (nSPS) is 16.5. The Morgan fingerprint density at radius 1 is 1.07 bits per heavy atom. The maximum Gasteiger partial charge on any atom is 0.273 e. The third-order valence-electron chi connectivity index (χ3n) is 4.87. The van der Waals surface area contributed by atoms with E-state index in [0.29, 0.717) is 5.69 Å². The second-order valence-corrected chi connectivity index (χ2v) is 7.17. The fraction of sp³-hybridized carbons (Fsp3) is 0.227. The monoisotopic (exact) mass is 377 g/mol. The van der Waals surface area contributed by atoms with Crippen LogP contribution in [0.15, 0.2) is 66.9 Å². The molecule has 0 spiro atoms. The summed E-state index contributed by atoms with van der Waals surface area (Å²) in [7, 11) is 0. The average Bonchev–Trinajstić information content (AvgIpc) is 3.20. The van der Waals surface area contributed by atoms with Gasteiger partial charge in [0.2, 0.25) is 0 Å². The number of hydrogen-bond acceptors (Lipinski definition) is 3. The first-order chi connectivity index (χ1) is 13.2. The lowest BCUT2D eigenvalue weighted by molar-refractivity contribution is 0.0727. The molecule has 1 amide bonds. The molecule has 0 radical (unpaired) electrons. The molecule has 3 aromatic rings. The van der Waals surface area contributed by atoms with Crippen LogP contribution in [-0.4, -0.2) is 27.3 Å². The van der Waals surface area contributed by atoms with E-state index in [0.717, 1.165) is 47.8 Å². The molecule has 0 bridgehead atoms. The molecule has 4 rings (SSSR count). The van der Waals surface area contributed by atoms with Crippen LogP contribution in [0.1, 0.15) is 46.3 Å². The highest BCUT2D eigenvalue weighted by molar-refractivity contribution is 6.30. The van der Waals surface area contributed by atoms with E-state index in [-0.39, 0.29) is 11.9 Å². The molecule has 1 saturated heterocycles. The largest absolute Gasteiger partial charge is 0.329 e. The van der Waals surface area contributed by atoms with Gasteiger partial charge in [0.15, 0.2) is 0 Å². The van der Waals surface area contributed by atoms with Gasteiger partial charge in [-0.15, -0.1) is 0 Å². The van der Waals surface area contributed by atoms with Crippen molar-refractivity contribution in [2.24, 2.45) is 0 Å². The number of halogens is 1. The third-order valence-corrected chi connectivity index (χ3v) is 5.12. The number of benzene rings is 1. The molecule has 0 saturated carbocycles. The van der Waals surface area contributed by atoms with Gasteiger partial charge < -0.3 is 4.90 Å². The van der Waals surface area contributed by atoms with E-state index in [9.17, 15) is 4.79 Å². The van der Waals surface area contributed by atoms with E-state index in [2.05, 4.69) is 4.98 Å². The molecule has 0 aliphatic carbocycles. The van der Waals surface area contributed by atoms with Gasteiger partial charge in [0.05, 0.1) is 11.7 Å². The Bertz CT molecular complexity index is 928. The minimum Gasteiger partial charge on any atom is -0.329 e. The van der Waals surface area contributed by atoms with Crippen LogP contribution >= 0.6 is 11.6 Å². The molecule has 1 aromatic carbocycles. The number of carbonyl (C=O) groups excluding carboxylic acids is 1. The Balaban J connectivity index is 1.55. The van der Waals surface area contributed by atoms with Crippen molar-refractivity contribution < 1.29 is 4.79 Å². The highest BCUT2D eigenvalue weighted by Gasteiger charge is 2.32. The van der Waals surface area contributed by atoms with Gasteiger partial charge in [-0.1, -0.05) is 35.9 Å². The molecule has 0 unspecified atom stereocenters. The minimum atomic E-state index is -0.0250. The summed E-state index contributed by atoms with van der Waals surface area (Å²) in [5.41, 5.74) is 3.59. The molecule has 3 heterocycles. The zero-order valence-electron chi connectivity index (χ0n) is 14.9. The first kappa shape index (κ1) is 17.7. The maximum absolute atomic E-state index is 12.9. The van der Waals surface area contributed by atoms with Gasteiger partial charge >= 0.3 is 0 Å². The van der Waals surface area contributed by atoms with Crippen LogP contribution in [0.3, 0.4) is 0 Å². The van der Waals surface area contributed by atoms with Crippen molar-refractivity contribution in [1.29, 1.82) is 0 Å². The summed E-state index contributed by atoms with van der Waals surface area (Å²) in [5.74, 6) is -0.0250. The molecule has 1 aliphatic rings. The van der Waals surface area contributed by atoms with Crippen molar-refractivity contribution in [2.75, 3.05) is 6.54 Å². The highest BCUT2D eigenvalue weighted by Crippen LogP contribution is 2.32. The van der Waals surface area contributed by atoms with Gasteiger partial charge in [0, 0.05) is 29.9 Å². The van der Waals surface area contributed by atoms with Crippen molar-refractivity contribution in [3.63, 3.8) is 0 Å². The quantitative estimate of drug-likeness (QED) is 0.662. The SMILES string of the molecule is O=C(c1ccccn1)N1CCC[C@@H]1c1cccc(Cc2ccc(Cl)cc2)n1. The highest BCUT2D eigenvalue weighted by atomic mass is 35.5. The van der Waals surface area contributed by atoms with Crippen LogP contribution in [0.2, 0.25) is 5.02 Å². The predicted octanol–water partition coefficient (Wildman–Crippen LogP) is 4.70. The van der Waals surface area contributed by atoms with Crippen molar-refractivity contribution in [2.45, 2.75) is 25.3 Å². The van der Waals surface area contributed by atoms with E-state index in [1.54, 1.807) is 12.3 Å². The molecule has 136 valence electrons. The summed E-state index contributed by atoms with van der Waals surface area (Å²) < 4.78 is 0. The summed E-state index contributed by atoms with van der Waals surface area (Å²) in [6.45, 7) is 0.739. The van der Waals surface area contributed by atoms with Crippen molar-refractivity contribution >= 4 is 17.5 Å². The molecule has 4 nitrogen and oxygen atoms in total. The number of carbonyl (C=O) groups is 1. The molecule has 1 aliphatic heterocycles. The molecule has 1 fully saturated rings. The zero-order valence-corrected chi connectivity index (χ0v) is 15.6. The lowest BCUT2D eigenvalue weighted by Gasteiger charge is -2.24. The number of hydrogen-bond donors (Lipinski definition) is 0. The van der Waals surface area contributed by atoms with Crippen LogP contribution in [0.25, 0.3) is 0 Å². The molecule has 2 aromatic heterocycles. The maximum atomic E-state index is 12.9. The van der Waals surface area contributed by atoms with Crippen LogP contribution in [0, 0.1) is 0 Å². The number of amides is 1. The molecular formula is C22H20ClN3O. The van der Waals surface area contributed by atoms with Gasteiger partial charge in [-0.05, 0) is 54.8 Å². The summed E-state index contributed by atoms with van der Waals surface area (Å²) in [6, 6.07) is 19.3. The van der Waals surface area contributed by atoms with Crippen LogP contribution in [0.5, 0.6) is 0 Å². The van der Waals surface area contributed by atoms with Gasteiger partial charge in [-0.2, -0.15) is 0 Å². The second kappa shape index (κ2) is 7.89. The standard InChI is InChI=1S/C22H20ClN3O/c23-17-11-9-16(10-12-17)15-18-5-3-7-19(25-18)21-8-4-14-26(21)22(27)20-6-1-2-13-24-20/h1-3,5-7,9-13,21H,4,8,14-15H2/t21-/m1/s1. The smallest absolute Gasteiger partial charge is 0.273 e. The lowest BCUT2D eigenvalue weighted by atomic mass is 10.1. The number of pyridine rings is 2. The van der Waals surface area contributed by atoms with Crippen LogP contribution < -0.4 is 0 Å². The summed E-state index contributed by atoms with van der Waals surface area (Å²) in [4.78, 5) is 23.8. The second-order valence-electron chi connectivity index (χ2n) is 6.73. The minimum absolute atomic E-state index is 0.00433. The van der Waals surface area contributed by atoms with Crippen molar-refractivity contribution in [3.8, 4) is 0 Å². The Labute approximate surface area is 163 Å². The molecule has 5 heteroatoms. The summed E-state index contributed by atoms with van der Waals surface area (Å²) in [6.07, 6.45) is 4.30. The number of nitrogens with zero attached hydrogens (tertiary/aromatic N) is 3. The first-order valence-corrected chi connectivity index (χ1v) is 9.51. The Morgan fingerprint density at radius 3 is 2.70 bits per heavy atom. The van der Waals surface area contributed by atoms with E-state index >= 15 is 0 Å². The number of rotatable bonds is 4. The van der Waals surface area contributed by atoms with E-state index in [1.165, 1.54) is 0 Å². The molecule has 27 heavy (non-hydrogen) atoms. The first-order valence-electron chi connectivity index (χ1n) is 9.13. The fourth-order valence-corrected chi connectivity index (χ4v) is 3.67. The van der Waals surface area contributed by atoms with Gasteiger partial charge in [-0.25, -0.2) is 0 Å². The van der Waals surface area contributed by atoms with Crippen molar-refractivity contribution in [3.05, 3.63) is 94.5 Å². The molecule has 1 atom stereocenters. The van der Waals surface area contributed by atoms with Gasteiger partial charge in [0.1, 0.15) is 5.69 Å². The third kappa shape index (κ3) is 4.01. The van der Waals surface area contributed by atoms with E-state index < -0.39 is 0 Å².